The van der Waals surface area contributed by atoms with Crippen molar-refractivity contribution in [1.82, 2.24) is 4.72 Å². The van der Waals surface area contributed by atoms with Crippen LogP contribution in [0.2, 0.25) is 0 Å². The van der Waals surface area contributed by atoms with E-state index in [4.69, 9.17) is 5.73 Å². The fourth-order valence-corrected chi connectivity index (χ4v) is 3.11. The third kappa shape index (κ3) is 7.78. The second-order valence-electron chi connectivity index (χ2n) is 5.52. The average Bonchev–Trinajstić information content (AvgIpc) is 2.45. The van der Waals surface area contributed by atoms with Crippen LogP contribution in [0.4, 0.5) is 5.69 Å². The fourth-order valence-electron chi connectivity index (χ4n) is 1.74. The molecule has 23 heavy (non-hydrogen) atoms. The lowest BCUT2D eigenvalue weighted by Crippen LogP contribution is -2.32. The Bertz CT molecular complexity index is 606. The van der Waals surface area contributed by atoms with Crippen LogP contribution in [0.1, 0.15) is 40.0 Å². The number of carbonyl (C=O) groups excluding carboxylic acids is 1. The predicted octanol–water partition coefficient (Wildman–Crippen LogP) is 2.25. The highest BCUT2D eigenvalue weighted by Crippen LogP contribution is 2.16. The van der Waals surface area contributed by atoms with E-state index in [1.165, 1.54) is 12.1 Å². The summed E-state index contributed by atoms with van der Waals surface area (Å²) in [6, 6.07) is 6.03. The van der Waals surface area contributed by atoms with Gasteiger partial charge in [-0.15, -0.1) is 12.4 Å². The zero-order valence-electron chi connectivity index (χ0n) is 13.7. The molecule has 1 amide bonds. The van der Waals surface area contributed by atoms with Gasteiger partial charge < -0.3 is 11.1 Å². The van der Waals surface area contributed by atoms with Crippen molar-refractivity contribution < 1.29 is 13.2 Å². The van der Waals surface area contributed by atoms with E-state index in [9.17, 15) is 13.2 Å². The number of benzene rings is 1. The summed E-state index contributed by atoms with van der Waals surface area (Å²) >= 11 is 0. The maximum Gasteiger partial charge on any atom is 0.240 e. The molecule has 4 N–H and O–H groups in total. The molecule has 0 heterocycles. The fraction of sp³-hybridized carbons (Fsp3) is 0.533. The topological polar surface area (TPSA) is 101 Å². The minimum absolute atomic E-state index is 0. The first-order valence-corrected chi connectivity index (χ1v) is 8.90. The number of hydrogen-bond acceptors (Lipinski definition) is 4. The normalized spacial score (nSPS) is 13.7. The molecule has 0 aliphatic rings. The second-order valence-corrected chi connectivity index (χ2v) is 7.24. The van der Waals surface area contributed by atoms with E-state index in [0.717, 1.165) is 0 Å². The van der Waals surface area contributed by atoms with E-state index in [-0.39, 0.29) is 35.3 Å². The highest BCUT2D eigenvalue weighted by Gasteiger charge is 2.17. The number of nitrogens with one attached hydrogen (secondary N) is 2. The molecular formula is C15H26ClN3O3S. The maximum atomic E-state index is 12.2. The monoisotopic (exact) mass is 363 g/mol. The largest absolute Gasteiger partial charge is 0.328 e. The van der Waals surface area contributed by atoms with Gasteiger partial charge in [-0.1, -0.05) is 13.0 Å². The molecule has 0 aromatic heterocycles. The molecule has 132 valence electrons. The summed E-state index contributed by atoms with van der Waals surface area (Å²) in [5, 5.41) is 2.69. The SMILES string of the molecule is CCC(C)NS(=O)(=O)c1cccc(NC(=O)CCC(C)N)c1.Cl. The summed E-state index contributed by atoms with van der Waals surface area (Å²) in [5.41, 5.74) is 6.07. The van der Waals surface area contributed by atoms with Gasteiger partial charge >= 0.3 is 0 Å². The molecule has 1 aromatic carbocycles. The first kappa shape index (κ1) is 21.9. The van der Waals surface area contributed by atoms with Crippen LogP contribution in [0.5, 0.6) is 0 Å². The van der Waals surface area contributed by atoms with Crippen LogP contribution in [0.3, 0.4) is 0 Å². The smallest absolute Gasteiger partial charge is 0.240 e. The van der Waals surface area contributed by atoms with E-state index in [2.05, 4.69) is 10.0 Å². The van der Waals surface area contributed by atoms with Crippen LogP contribution in [0.25, 0.3) is 0 Å². The van der Waals surface area contributed by atoms with Crippen molar-refractivity contribution in [3.63, 3.8) is 0 Å². The van der Waals surface area contributed by atoms with Gasteiger partial charge in [0.2, 0.25) is 15.9 Å². The van der Waals surface area contributed by atoms with Crippen molar-refractivity contribution >= 4 is 34.0 Å². The van der Waals surface area contributed by atoms with E-state index in [1.54, 1.807) is 19.1 Å². The zero-order chi connectivity index (χ0) is 16.8. The van der Waals surface area contributed by atoms with Crippen LogP contribution in [0, 0.1) is 0 Å². The number of sulfonamides is 1. The molecule has 0 fully saturated rings. The van der Waals surface area contributed by atoms with Crippen molar-refractivity contribution in [2.45, 2.75) is 57.0 Å². The molecule has 0 spiro atoms. The second kappa shape index (κ2) is 9.87. The van der Waals surface area contributed by atoms with Gasteiger partial charge in [0.05, 0.1) is 4.90 Å². The van der Waals surface area contributed by atoms with Crippen molar-refractivity contribution in [3.8, 4) is 0 Å². The molecule has 0 saturated carbocycles. The minimum Gasteiger partial charge on any atom is -0.328 e. The van der Waals surface area contributed by atoms with Crippen LogP contribution in [-0.2, 0) is 14.8 Å². The zero-order valence-corrected chi connectivity index (χ0v) is 15.3. The van der Waals surface area contributed by atoms with E-state index >= 15 is 0 Å². The van der Waals surface area contributed by atoms with E-state index < -0.39 is 10.0 Å². The quantitative estimate of drug-likeness (QED) is 0.659. The number of amides is 1. The predicted molar refractivity (Wildman–Crippen MR) is 95.3 cm³/mol. The number of carbonyl (C=O) groups is 1. The maximum absolute atomic E-state index is 12.2. The lowest BCUT2D eigenvalue weighted by Gasteiger charge is -2.13. The number of nitrogens with two attached hydrogens (primary N) is 1. The summed E-state index contributed by atoms with van der Waals surface area (Å²) in [6.45, 7) is 5.54. The van der Waals surface area contributed by atoms with Crippen molar-refractivity contribution in [3.05, 3.63) is 24.3 Å². The van der Waals surface area contributed by atoms with Crippen LogP contribution in [-0.4, -0.2) is 26.4 Å². The minimum atomic E-state index is -3.58. The van der Waals surface area contributed by atoms with Gasteiger partial charge in [-0.05, 0) is 44.9 Å². The molecular weight excluding hydrogens is 338 g/mol. The molecule has 1 aromatic rings. The highest BCUT2D eigenvalue weighted by atomic mass is 35.5. The van der Waals surface area contributed by atoms with Gasteiger partial charge in [0.1, 0.15) is 0 Å². The van der Waals surface area contributed by atoms with E-state index in [0.29, 0.717) is 24.9 Å². The highest BCUT2D eigenvalue weighted by molar-refractivity contribution is 7.89. The van der Waals surface area contributed by atoms with Gasteiger partial charge in [-0.2, -0.15) is 0 Å². The molecule has 6 nitrogen and oxygen atoms in total. The average molecular weight is 364 g/mol. The summed E-state index contributed by atoms with van der Waals surface area (Å²) < 4.78 is 27.0. The summed E-state index contributed by atoms with van der Waals surface area (Å²) in [6.07, 6.45) is 1.59. The lowest BCUT2D eigenvalue weighted by atomic mass is 10.2. The van der Waals surface area contributed by atoms with Gasteiger partial charge in [0.15, 0.2) is 0 Å². The first-order chi connectivity index (χ1) is 10.2. The summed E-state index contributed by atoms with van der Waals surface area (Å²) in [7, 11) is -3.58. The molecule has 0 aliphatic carbocycles. The number of hydrogen-bond donors (Lipinski definition) is 3. The lowest BCUT2D eigenvalue weighted by molar-refractivity contribution is -0.116. The molecule has 2 unspecified atom stereocenters. The third-order valence-electron chi connectivity index (χ3n) is 3.22. The van der Waals surface area contributed by atoms with Crippen LogP contribution in [0.15, 0.2) is 29.2 Å². The Morgan fingerprint density at radius 1 is 1.30 bits per heavy atom. The van der Waals surface area contributed by atoms with Crippen molar-refractivity contribution in [1.29, 1.82) is 0 Å². The Kier molecular flexibility index (Phi) is 9.38. The molecule has 1 rings (SSSR count). The number of rotatable bonds is 8. The summed E-state index contributed by atoms with van der Waals surface area (Å²) in [4.78, 5) is 11.9. The van der Waals surface area contributed by atoms with Gasteiger partial charge in [0, 0.05) is 24.2 Å². The molecule has 0 radical (unpaired) electrons. The van der Waals surface area contributed by atoms with Gasteiger partial charge in [0.25, 0.3) is 0 Å². The Morgan fingerprint density at radius 2 is 1.96 bits per heavy atom. The Morgan fingerprint density at radius 3 is 2.52 bits per heavy atom. The molecule has 2 atom stereocenters. The Balaban J connectivity index is 0.00000484. The van der Waals surface area contributed by atoms with Crippen molar-refractivity contribution in [2.75, 3.05) is 5.32 Å². The Labute approximate surface area is 144 Å². The first-order valence-electron chi connectivity index (χ1n) is 7.42. The third-order valence-corrected chi connectivity index (χ3v) is 4.81. The molecule has 0 saturated heterocycles. The molecule has 0 aliphatic heterocycles. The molecule has 0 bridgehead atoms. The number of anilines is 1. The van der Waals surface area contributed by atoms with Crippen molar-refractivity contribution in [2.24, 2.45) is 5.73 Å². The summed E-state index contributed by atoms with van der Waals surface area (Å²) in [5.74, 6) is -0.179. The Hall–Kier alpha value is -1.15. The van der Waals surface area contributed by atoms with Crippen LogP contribution < -0.4 is 15.8 Å². The van der Waals surface area contributed by atoms with Gasteiger partial charge in [-0.25, -0.2) is 13.1 Å². The molecule has 8 heteroatoms. The van der Waals surface area contributed by atoms with E-state index in [1.807, 2.05) is 13.8 Å². The standard InChI is InChI=1S/C15H25N3O3S.ClH/c1-4-12(3)18-22(20,21)14-7-5-6-13(10-14)17-15(19)9-8-11(2)16;/h5-7,10-12,18H,4,8-9,16H2,1-3H3,(H,17,19);1H. The van der Waals surface area contributed by atoms with Gasteiger partial charge in [-0.3, -0.25) is 4.79 Å². The number of halogens is 1. The van der Waals surface area contributed by atoms with Crippen LogP contribution >= 0.6 is 12.4 Å².